The Morgan fingerprint density at radius 3 is 2.65 bits per heavy atom. The summed E-state index contributed by atoms with van der Waals surface area (Å²) in [5.74, 6) is 0.500. The maximum atomic E-state index is 12.8. The van der Waals surface area contributed by atoms with Crippen molar-refractivity contribution >= 4 is 21.4 Å². The van der Waals surface area contributed by atoms with Crippen LogP contribution in [0.1, 0.15) is 32.6 Å². The summed E-state index contributed by atoms with van der Waals surface area (Å²) >= 11 is 0. The second-order valence-electron chi connectivity index (χ2n) is 7.04. The van der Waals surface area contributed by atoms with Crippen molar-refractivity contribution in [3.05, 3.63) is 28.3 Å². The molecule has 0 radical (unpaired) electrons. The van der Waals surface area contributed by atoms with Crippen LogP contribution in [0.5, 0.6) is 0 Å². The SMILES string of the molecule is CC1CCN(S(=O)(=O)c2ccc(NC[C@H]3CCCO3)c([N+](=O)[O-])c2)CC1. The van der Waals surface area contributed by atoms with E-state index in [-0.39, 0.29) is 16.7 Å². The molecular formula is C17H25N3O5S. The van der Waals surface area contributed by atoms with Crippen molar-refractivity contribution in [2.45, 2.75) is 43.6 Å². The Hall–Kier alpha value is -1.71. The summed E-state index contributed by atoms with van der Waals surface area (Å²) in [6.45, 7) is 4.19. The maximum Gasteiger partial charge on any atom is 0.293 e. The molecule has 2 fully saturated rings. The van der Waals surface area contributed by atoms with Crippen molar-refractivity contribution in [1.29, 1.82) is 0 Å². The van der Waals surface area contributed by atoms with Crippen LogP contribution in [0.25, 0.3) is 0 Å². The van der Waals surface area contributed by atoms with E-state index in [1.54, 1.807) is 0 Å². The maximum absolute atomic E-state index is 12.8. The van der Waals surface area contributed by atoms with Crippen LogP contribution in [0, 0.1) is 16.0 Å². The van der Waals surface area contributed by atoms with Gasteiger partial charge in [-0.2, -0.15) is 4.31 Å². The van der Waals surface area contributed by atoms with Crippen LogP contribution in [0.15, 0.2) is 23.1 Å². The zero-order chi connectivity index (χ0) is 18.7. The van der Waals surface area contributed by atoms with E-state index in [2.05, 4.69) is 12.2 Å². The number of sulfonamides is 1. The molecule has 1 N–H and O–H groups in total. The zero-order valence-electron chi connectivity index (χ0n) is 14.9. The highest BCUT2D eigenvalue weighted by molar-refractivity contribution is 7.89. The number of nitro groups is 1. The lowest BCUT2D eigenvalue weighted by Gasteiger charge is -2.29. The molecule has 0 saturated carbocycles. The van der Waals surface area contributed by atoms with Crippen LogP contribution in [-0.2, 0) is 14.8 Å². The second kappa shape index (κ2) is 7.89. The first-order valence-corrected chi connectivity index (χ1v) is 10.5. The molecule has 2 saturated heterocycles. The molecule has 0 spiro atoms. The summed E-state index contributed by atoms with van der Waals surface area (Å²) in [6.07, 6.45) is 3.55. The van der Waals surface area contributed by atoms with Crippen molar-refractivity contribution < 1.29 is 18.1 Å². The average molecular weight is 383 g/mol. The molecule has 2 aliphatic rings. The van der Waals surface area contributed by atoms with Crippen molar-refractivity contribution in [1.82, 2.24) is 4.31 Å². The molecule has 9 heteroatoms. The van der Waals surface area contributed by atoms with Gasteiger partial charge < -0.3 is 10.1 Å². The lowest BCUT2D eigenvalue weighted by Crippen LogP contribution is -2.37. The summed E-state index contributed by atoms with van der Waals surface area (Å²) in [6, 6.07) is 4.08. The number of anilines is 1. The van der Waals surface area contributed by atoms with Gasteiger partial charge in [-0.05, 0) is 43.7 Å². The standard InChI is InChI=1S/C17H25N3O5S/c1-13-6-8-19(9-7-13)26(23,24)15-4-5-16(17(11-15)20(21)22)18-12-14-3-2-10-25-14/h4-5,11,13-14,18H,2-3,6-10,12H2,1H3/t14-/m1/s1. The van der Waals surface area contributed by atoms with Crippen LogP contribution < -0.4 is 5.32 Å². The van der Waals surface area contributed by atoms with Crippen molar-refractivity contribution in [2.24, 2.45) is 5.92 Å². The average Bonchev–Trinajstić information content (AvgIpc) is 3.13. The van der Waals surface area contributed by atoms with Gasteiger partial charge in [0.05, 0.1) is 15.9 Å². The van der Waals surface area contributed by atoms with Gasteiger partial charge in [-0.25, -0.2) is 8.42 Å². The Bertz CT molecular complexity index is 754. The molecule has 1 aromatic carbocycles. The van der Waals surface area contributed by atoms with E-state index in [9.17, 15) is 18.5 Å². The molecular weight excluding hydrogens is 358 g/mol. The highest BCUT2D eigenvalue weighted by Gasteiger charge is 2.30. The van der Waals surface area contributed by atoms with E-state index in [4.69, 9.17) is 4.74 Å². The molecule has 0 unspecified atom stereocenters. The van der Waals surface area contributed by atoms with Gasteiger partial charge in [0.2, 0.25) is 10.0 Å². The minimum absolute atomic E-state index is 0.0265. The number of benzene rings is 1. The van der Waals surface area contributed by atoms with Gasteiger partial charge in [0.1, 0.15) is 5.69 Å². The lowest BCUT2D eigenvalue weighted by molar-refractivity contribution is -0.384. The first kappa shape index (κ1) is 19.1. The van der Waals surface area contributed by atoms with Crippen LogP contribution in [0.2, 0.25) is 0 Å². The fraction of sp³-hybridized carbons (Fsp3) is 0.647. The largest absolute Gasteiger partial charge is 0.377 e. The van der Waals surface area contributed by atoms with E-state index in [0.29, 0.717) is 37.8 Å². The Kier molecular flexibility index (Phi) is 5.79. The van der Waals surface area contributed by atoms with Crippen LogP contribution >= 0.6 is 0 Å². The van der Waals surface area contributed by atoms with Crippen molar-refractivity contribution in [3.8, 4) is 0 Å². The zero-order valence-corrected chi connectivity index (χ0v) is 15.7. The third kappa shape index (κ3) is 4.16. The summed E-state index contributed by atoms with van der Waals surface area (Å²) in [5.41, 5.74) is 0.0890. The Balaban J connectivity index is 1.79. The first-order chi connectivity index (χ1) is 12.4. The Morgan fingerprint density at radius 2 is 2.04 bits per heavy atom. The van der Waals surface area contributed by atoms with Gasteiger partial charge in [0, 0.05) is 32.3 Å². The minimum Gasteiger partial charge on any atom is -0.377 e. The van der Waals surface area contributed by atoms with E-state index in [1.165, 1.54) is 16.4 Å². The summed E-state index contributed by atoms with van der Waals surface area (Å²) in [7, 11) is -3.71. The number of ether oxygens (including phenoxy) is 1. The van der Waals surface area contributed by atoms with E-state index in [0.717, 1.165) is 31.7 Å². The van der Waals surface area contributed by atoms with E-state index in [1.807, 2.05) is 0 Å². The number of hydrogen-bond acceptors (Lipinski definition) is 6. The molecule has 2 heterocycles. The molecule has 3 rings (SSSR count). The Morgan fingerprint density at radius 1 is 1.31 bits per heavy atom. The third-order valence-corrected chi connectivity index (χ3v) is 6.99. The number of rotatable bonds is 6. The fourth-order valence-electron chi connectivity index (χ4n) is 3.38. The lowest BCUT2D eigenvalue weighted by atomic mass is 10.0. The smallest absolute Gasteiger partial charge is 0.293 e. The van der Waals surface area contributed by atoms with Crippen molar-refractivity contribution in [2.75, 3.05) is 31.6 Å². The molecule has 0 aliphatic carbocycles. The predicted molar refractivity (Wildman–Crippen MR) is 97.7 cm³/mol. The third-order valence-electron chi connectivity index (χ3n) is 5.09. The normalized spacial score (nSPS) is 22.4. The van der Waals surface area contributed by atoms with Gasteiger partial charge in [-0.1, -0.05) is 6.92 Å². The van der Waals surface area contributed by atoms with Gasteiger partial charge in [-0.3, -0.25) is 10.1 Å². The van der Waals surface area contributed by atoms with Gasteiger partial charge in [0.15, 0.2) is 0 Å². The van der Waals surface area contributed by atoms with Crippen LogP contribution in [0.4, 0.5) is 11.4 Å². The molecule has 2 aliphatic heterocycles. The predicted octanol–water partition coefficient (Wildman–Crippen LogP) is 2.61. The Labute approximate surface area is 153 Å². The van der Waals surface area contributed by atoms with Crippen LogP contribution in [-0.4, -0.2) is 50.0 Å². The fourth-order valence-corrected chi connectivity index (χ4v) is 4.87. The number of nitro benzene ring substituents is 1. The molecule has 0 bridgehead atoms. The number of piperidine rings is 1. The van der Waals surface area contributed by atoms with E-state index >= 15 is 0 Å². The topological polar surface area (TPSA) is 102 Å². The quantitative estimate of drug-likeness (QED) is 0.598. The van der Waals surface area contributed by atoms with Gasteiger partial charge in [0.25, 0.3) is 5.69 Å². The summed E-state index contributed by atoms with van der Waals surface area (Å²) in [4.78, 5) is 10.9. The van der Waals surface area contributed by atoms with Gasteiger partial charge in [-0.15, -0.1) is 0 Å². The molecule has 0 aromatic heterocycles. The molecule has 144 valence electrons. The van der Waals surface area contributed by atoms with Gasteiger partial charge >= 0.3 is 0 Å². The minimum atomic E-state index is -3.71. The highest BCUT2D eigenvalue weighted by Crippen LogP contribution is 2.31. The molecule has 1 atom stereocenters. The molecule has 1 aromatic rings. The first-order valence-electron chi connectivity index (χ1n) is 9.02. The highest BCUT2D eigenvalue weighted by atomic mass is 32.2. The number of hydrogen-bond donors (Lipinski definition) is 1. The number of nitrogens with one attached hydrogen (secondary N) is 1. The molecule has 0 amide bonds. The molecule has 26 heavy (non-hydrogen) atoms. The monoisotopic (exact) mass is 383 g/mol. The summed E-state index contributed by atoms with van der Waals surface area (Å²) in [5, 5.41) is 14.5. The summed E-state index contributed by atoms with van der Waals surface area (Å²) < 4.78 is 32.5. The van der Waals surface area contributed by atoms with Crippen molar-refractivity contribution in [3.63, 3.8) is 0 Å². The van der Waals surface area contributed by atoms with Crippen LogP contribution in [0.3, 0.4) is 0 Å². The second-order valence-corrected chi connectivity index (χ2v) is 8.98. The van der Waals surface area contributed by atoms with E-state index < -0.39 is 14.9 Å². The molecule has 8 nitrogen and oxygen atoms in total. The number of nitrogens with zero attached hydrogens (tertiary/aromatic N) is 2.